The van der Waals surface area contributed by atoms with Gasteiger partial charge in [0.2, 0.25) is 0 Å². The highest BCUT2D eigenvalue weighted by Gasteiger charge is 2.62. The van der Waals surface area contributed by atoms with Crippen molar-refractivity contribution >= 4 is 0 Å². The fourth-order valence-corrected chi connectivity index (χ4v) is 5.33. The van der Waals surface area contributed by atoms with Crippen LogP contribution in [-0.4, -0.2) is 16.7 Å². The summed E-state index contributed by atoms with van der Waals surface area (Å²) < 4.78 is 0. The SMILES string of the molecule is C[C@@]12C[C@H]3C[C@@](N)(C1)C[C@@](C)(C2)[C@H]3O. The lowest BCUT2D eigenvalue weighted by Crippen LogP contribution is -2.67. The molecule has 0 unspecified atom stereocenters. The first-order valence-corrected chi connectivity index (χ1v) is 5.81. The molecule has 4 aliphatic rings. The molecule has 0 aromatic rings. The molecule has 14 heavy (non-hydrogen) atoms. The summed E-state index contributed by atoms with van der Waals surface area (Å²) in [5, 5.41) is 10.3. The largest absolute Gasteiger partial charge is 0.392 e. The number of hydrogen-bond acceptors (Lipinski definition) is 2. The second-order valence-electron chi connectivity index (χ2n) is 6.97. The molecule has 4 rings (SSSR count). The average Bonchev–Trinajstić information content (AvgIpc) is 1.94. The van der Waals surface area contributed by atoms with E-state index in [0.717, 1.165) is 12.8 Å². The van der Waals surface area contributed by atoms with Crippen molar-refractivity contribution in [2.24, 2.45) is 22.5 Å². The molecule has 0 radical (unpaired) electrons. The van der Waals surface area contributed by atoms with Gasteiger partial charge >= 0.3 is 0 Å². The second kappa shape index (κ2) is 2.19. The highest BCUT2D eigenvalue weighted by molar-refractivity contribution is 5.16. The summed E-state index contributed by atoms with van der Waals surface area (Å²) in [7, 11) is 0. The molecule has 4 fully saturated rings. The summed E-state index contributed by atoms with van der Waals surface area (Å²) in [5.41, 5.74) is 7.02. The van der Waals surface area contributed by atoms with Crippen molar-refractivity contribution in [3.05, 3.63) is 0 Å². The first-order chi connectivity index (χ1) is 6.34. The fourth-order valence-electron chi connectivity index (χ4n) is 5.33. The maximum atomic E-state index is 10.3. The van der Waals surface area contributed by atoms with Gasteiger partial charge in [0.15, 0.2) is 0 Å². The van der Waals surface area contributed by atoms with E-state index in [4.69, 9.17) is 5.73 Å². The number of rotatable bonds is 0. The van der Waals surface area contributed by atoms with Gasteiger partial charge in [0, 0.05) is 5.54 Å². The summed E-state index contributed by atoms with van der Waals surface area (Å²) in [5.74, 6) is 0.478. The maximum Gasteiger partial charge on any atom is 0.0623 e. The van der Waals surface area contributed by atoms with E-state index in [9.17, 15) is 5.11 Å². The van der Waals surface area contributed by atoms with Gasteiger partial charge in [-0.1, -0.05) is 13.8 Å². The van der Waals surface area contributed by atoms with E-state index < -0.39 is 0 Å². The van der Waals surface area contributed by atoms with Crippen LogP contribution in [0.15, 0.2) is 0 Å². The molecular formula is C12H21NO. The van der Waals surface area contributed by atoms with E-state index in [1.807, 2.05) is 0 Å². The summed E-state index contributed by atoms with van der Waals surface area (Å²) in [6.07, 6.45) is 5.55. The van der Waals surface area contributed by atoms with Crippen molar-refractivity contribution in [1.29, 1.82) is 0 Å². The second-order valence-corrected chi connectivity index (χ2v) is 6.97. The lowest BCUT2D eigenvalue weighted by Gasteiger charge is -2.66. The Labute approximate surface area is 85.9 Å². The zero-order valence-corrected chi connectivity index (χ0v) is 9.21. The van der Waals surface area contributed by atoms with Crippen LogP contribution in [0, 0.1) is 16.7 Å². The van der Waals surface area contributed by atoms with Crippen molar-refractivity contribution in [3.63, 3.8) is 0 Å². The minimum absolute atomic E-state index is 0.0455. The van der Waals surface area contributed by atoms with E-state index in [-0.39, 0.29) is 17.1 Å². The third kappa shape index (κ3) is 0.989. The van der Waals surface area contributed by atoms with Crippen LogP contribution in [0.3, 0.4) is 0 Å². The molecule has 0 aromatic carbocycles. The standard InChI is InChI=1S/C12H21NO/c1-10-3-8-4-12(13,6-10)7-11(2,5-10)9(8)14/h8-9,14H,3-7,13H2,1-2H3/t8-,9-,10-,11+,12+/m0/s1. The van der Waals surface area contributed by atoms with Gasteiger partial charge in [-0.15, -0.1) is 0 Å². The van der Waals surface area contributed by atoms with Crippen LogP contribution in [0.4, 0.5) is 0 Å². The molecule has 0 amide bonds. The molecule has 4 aliphatic carbocycles. The number of nitrogens with two attached hydrogens (primary N) is 1. The quantitative estimate of drug-likeness (QED) is 0.617. The Kier molecular flexibility index (Phi) is 1.44. The molecule has 3 N–H and O–H groups in total. The molecule has 4 bridgehead atoms. The smallest absolute Gasteiger partial charge is 0.0623 e. The molecule has 80 valence electrons. The summed E-state index contributed by atoms with van der Waals surface area (Å²) in [4.78, 5) is 0. The van der Waals surface area contributed by atoms with Crippen LogP contribution < -0.4 is 5.73 Å². The zero-order valence-electron chi connectivity index (χ0n) is 9.21. The predicted octanol–water partition coefficient (Wildman–Crippen LogP) is 1.66. The monoisotopic (exact) mass is 195 g/mol. The molecule has 0 aliphatic heterocycles. The lowest BCUT2D eigenvalue weighted by atomic mass is 9.42. The minimum atomic E-state index is -0.0902. The van der Waals surface area contributed by atoms with Crippen molar-refractivity contribution in [3.8, 4) is 0 Å². The molecule has 4 saturated carbocycles. The van der Waals surface area contributed by atoms with Crippen LogP contribution in [0.2, 0.25) is 0 Å². The van der Waals surface area contributed by atoms with E-state index in [2.05, 4.69) is 13.8 Å². The summed E-state index contributed by atoms with van der Waals surface area (Å²) in [6, 6.07) is 0. The summed E-state index contributed by atoms with van der Waals surface area (Å²) in [6.45, 7) is 4.60. The average molecular weight is 195 g/mol. The normalized spacial score (nSPS) is 66.0. The fraction of sp³-hybridized carbons (Fsp3) is 1.00. The molecule has 2 heteroatoms. The first kappa shape index (κ1) is 9.17. The van der Waals surface area contributed by atoms with Crippen molar-refractivity contribution < 1.29 is 5.11 Å². The molecule has 5 atom stereocenters. The van der Waals surface area contributed by atoms with Crippen LogP contribution >= 0.6 is 0 Å². The highest BCUT2D eigenvalue weighted by atomic mass is 16.3. The Morgan fingerprint density at radius 3 is 2.43 bits per heavy atom. The van der Waals surface area contributed by atoms with Gasteiger partial charge in [0.25, 0.3) is 0 Å². The first-order valence-electron chi connectivity index (χ1n) is 5.81. The van der Waals surface area contributed by atoms with Crippen LogP contribution in [0.25, 0.3) is 0 Å². The predicted molar refractivity (Wildman–Crippen MR) is 55.7 cm³/mol. The Morgan fingerprint density at radius 2 is 1.86 bits per heavy atom. The Bertz CT molecular complexity index is 270. The Morgan fingerprint density at radius 1 is 1.14 bits per heavy atom. The number of hydrogen-bond donors (Lipinski definition) is 2. The van der Waals surface area contributed by atoms with Gasteiger partial charge in [0.05, 0.1) is 6.10 Å². The molecule has 0 aromatic heterocycles. The third-order valence-electron chi connectivity index (χ3n) is 4.95. The molecule has 2 nitrogen and oxygen atoms in total. The van der Waals surface area contributed by atoms with Crippen molar-refractivity contribution in [2.45, 2.75) is 57.6 Å². The van der Waals surface area contributed by atoms with E-state index in [0.29, 0.717) is 11.3 Å². The Balaban J connectivity index is 2.06. The maximum absolute atomic E-state index is 10.3. The van der Waals surface area contributed by atoms with Crippen LogP contribution in [0.1, 0.15) is 46.0 Å². The lowest BCUT2D eigenvalue weighted by molar-refractivity contribution is -0.184. The van der Waals surface area contributed by atoms with Gasteiger partial charge < -0.3 is 10.8 Å². The summed E-state index contributed by atoms with van der Waals surface area (Å²) >= 11 is 0. The molecule has 0 saturated heterocycles. The van der Waals surface area contributed by atoms with Gasteiger partial charge in [0.1, 0.15) is 0 Å². The number of aliphatic hydroxyl groups is 1. The molecule has 0 heterocycles. The van der Waals surface area contributed by atoms with E-state index in [1.54, 1.807) is 0 Å². The van der Waals surface area contributed by atoms with Gasteiger partial charge in [-0.25, -0.2) is 0 Å². The minimum Gasteiger partial charge on any atom is -0.392 e. The molecule has 0 spiro atoms. The molecular weight excluding hydrogens is 174 g/mol. The van der Waals surface area contributed by atoms with E-state index >= 15 is 0 Å². The van der Waals surface area contributed by atoms with Gasteiger partial charge in [-0.3, -0.25) is 0 Å². The third-order valence-corrected chi connectivity index (χ3v) is 4.95. The van der Waals surface area contributed by atoms with Gasteiger partial charge in [-0.05, 0) is 48.9 Å². The topological polar surface area (TPSA) is 46.2 Å². The highest BCUT2D eigenvalue weighted by Crippen LogP contribution is 2.65. The number of aliphatic hydroxyl groups excluding tert-OH is 1. The van der Waals surface area contributed by atoms with Crippen molar-refractivity contribution in [1.82, 2.24) is 0 Å². The zero-order chi connectivity index (χ0) is 10.2. The van der Waals surface area contributed by atoms with E-state index in [1.165, 1.54) is 19.3 Å². The van der Waals surface area contributed by atoms with Gasteiger partial charge in [-0.2, -0.15) is 0 Å². The van der Waals surface area contributed by atoms with Crippen molar-refractivity contribution in [2.75, 3.05) is 0 Å². The van der Waals surface area contributed by atoms with Crippen LogP contribution in [0.5, 0.6) is 0 Å². The Hall–Kier alpha value is -0.0800. The van der Waals surface area contributed by atoms with Crippen LogP contribution in [-0.2, 0) is 0 Å².